The van der Waals surface area contributed by atoms with E-state index in [2.05, 4.69) is 30.8 Å². The van der Waals surface area contributed by atoms with Gasteiger partial charge in [0.15, 0.2) is 5.01 Å². The number of aromatic nitrogens is 4. The van der Waals surface area contributed by atoms with Crippen molar-refractivity contribution in [3.05, 3.63) is 29.5 Å². The molecule has 1 saturated heterocycles. The van der Waals surface area contributed by atoms with Crippen molar-refractivity contribution >= 4 is 34.0 Å². The molecule has 4 heterocycles. The molecule has 2 N–H and O–H groups in total. The van der Waals surface area contributed by atoms with Gasteiger partial charge in [-0.2, -0.15) is 0 Å². The number of nitrogens with zero attached hydrogens (tertiary/aromatic N) is 5. The number of hydrogen-bond donors (Lipinski definition) is 2. The Labute approximate surface area is 165 Å². The second kappa shape index (κ2) is 7.72. The lowest BCUT2D eigenvalue weighted by Crippen LogP contribution is -2.52. The quantitative estimate of drug-likeness (QED) is 0.700. The van der Waals surface area contributed by atoms with Gasteiger partial charge in [0, 0.05) is 30.4 Å². The zero-order valence-corrected chi connectivity index (χ0v) is 16.3. The highest BCUT2D eigenvalue weighted by Crippen LogP contribution is 2.25. The van der Waals surface area contributed by atoms with Crippen LogP contribution in [0.1, 0.15) is 11.4 Å². The number of urea groups is 1. The van der Waals surface area contributed by atoms with E-state index in [0.29, 0.717) is 18.8 Å². The molecule has 3 aromatic heterocycles. The number of nitrogens with one attached hydrogen (secondary N) is 2. The number of carbonyl (C=O) groups excluding carboxylic acids is 1. The summed E-state index contributed by atoms with van der Waals surface area (Å²) in [4.78, 5) is 22.6. The van der Waals surface area contributed by atoms with Gasteiger partial charge in [-0.25, -0.2) is 14.2 Å². The molecule has 0 spiro atoms. The molecule has 0 aliphatic carbocycles. The molecule has 2 amide bonds. The third-order valence-corrected chi connectivity index (χ3v) is 5.64. The molecule has 28 heavy (non-hydrogen) atoms. The SMILES string of the molecule is CN[C@@H]1CCN(C(=O)Nc2cc3cc(-c4nnc(C)s4)ncc3cn2)C[C@H]1F. The first-order valence-electron chi connectivity index (χ1n) is 8.97. The summed E-state index contributed by atoms with van der Waals surface area (Å²) in [6.45, 7) is 2.45. The van der Waals surface area contributed by atoms with Gasteiger partial charge in [-0.15, -0.1) is 10.2 Å². The number of aryl methyl sites for hydroxylation is 1. The summed E-state index contributed by atoms with van der Waals surface area (Å²) in [5.74, 6) is 0.411. The lowest BCUT2D eigenvalue weighted by Gasteiger charge is -2.34. The molecule has 1 aliphatic heterocycles. The molecule has 10 heteroatoms. The fourth-order valence-electron chi connectivity index (χ4n) is 3.23. The second-order valence-corrected chi connectivity index (χ2v) is 7.87. The van der Waals surface area contributed by atoms with Crippen LogP contribution in [0.25, 0.3) is 21.5 Å². The second-order valence-electron chi connectivity index (χ2n) is 6.69. The third kappa shape index (κ3) is 3.78. The molecule has 146 valence electrons. The molecular formula is C18H20FN7OS. The van der Waals surface area contributed by atoms with Gasteiger partial charge in [0.05, 0.1) is 6.54 Å². The number of hydrogen-bond acceptors (Lipinski definition) is 7. The van der Waals surface area contributed by atoms with Crippen molar-refractivity contribution < 1.29 is 9.18 Å². The molecule has 2 atom stereocenters. The summed E-state index contributed by atoms with van der Waals surface area (Å²) in [6.07, 6.45) is 2.86. The van der Waals surface area contributed by atoms with Crippen molar-refractivity contribution in [2.45, 2.75) is 25.6 Å². The Morgan fingerprint density at radius 1 is 1.25 bits per heavy atom. The predicted octanol–water partition coefficient (Wildman–Crippen LogP) is 2.62. The van der Waals surface area contributed by atoms with E-state index in [9.17, 15) is 9.18 Å². The van der Waals surface area contributed by atoms with Crippen molar-refractivity contribution in [2.75, 3.05) is 25.5 Å². The number of pyridine rings is 2. The molecule has 0 bridgehead atoms. The average molecular weight is 401 g/mol. The van der Waals surface area contributed by atoms with Gasteiger partial charge in [-0.05, 0) is 37.9 Å². The van der Waals surface area contributed by atoms with Crippen molar-refractivity contribution in [1.29, 1.82) is 0 Å². The zero-order chi connectivity index (χ0) is 19.7. The first-order chi connectivity index (χ1) is 13.5. The summed E-state index contributed by atoms with van der Waals surface area (Å²) in [5, 5.41) is 17.2. The summed E-state index contributed by atoms with van der Waals surface area (Å²) >= 11 is 1.47. The minimum atomic E-state index is -1.09. The van der Waals surface area contributed by atoms with E-state index in [-0.39, 0.29) is 18.6 Å². The highest BCUT2D eigenvalue weighted by Gasteiger charge is 2.30. The number of amides is 2. The van der Waals surface area contributed by atoms with E-state index in [1.54, 1.807) is 25.5 Å². The van der Waals surface area contributed by atoms with Crippen molar-refractivity contribution in [2.24, 2.45) is 0 Å². The maximum absolute atomic E-state index is 14.1. The van der Waals surface area contributed by atoms with E-state index in [1.165, 1.54) is 16.2 Å². The summed E-state index contributed by atoms with van der Waals surface area (Å²) in [6, 6.07) is 3.11. The zero-order valence-electron chi connectivity index (χ0n) is 15.5. The van der Waals surface area contributed by atoms with Crippen molar-refractivity contribution in [1.82, 2.24) is 30.4 Å². The van der Waals surface area contributed by atoms with Crippen LogP contribution in [0.4, 0.5) is 15.0 Å². The van der Waals surface area contributed by atoms with Crippen LogP contribution in [0.15, 0.2) is 24.5 Å². The Balaban J connectivity index is 1.51. The van der Waals surface area contributed by atoms with Gasteiger partial charge in [-0.1, -0.05) is 11.3 Å². The maximum atomic E-state index is 14.1. The van der Waals surface area contributed by atoms with Gasteiger partial charge in [0.25, 0.3) is 0 Å². The normalized spacial score (nSPS) is 19.8. The Morgan fingerprint density at radius 2 is 2.07 bits per heavy atom. The van der Waals surface area contributed by atoms with Gasteiger partial charge in [-0.3, -0.25) is 10.3 Å². The van der Waals surface area contributed by atoms with Crippen LogP contribution < -0.4 is 10.6 Å². The number of rotatable bonds is 3. The van der Waals surface area contributed by atoms with E-state index in [4.69, 9.17) is 0 Å². The van der Waals surface area contributed by atoms with Crippen LogP contribution in [0, 0.1) is 6.92 Å². The minimum absolute atomic E-state index is 0.0649. The Kier molecular flexibility index (Phi) is 5.14. The molecule has 4 rings (SSSR count). The van der Waals surface area contributed by atoms with Crippen LogP contribution in [0.3, 0.4) is 0 Å². The summed E-state index contributed by atoms with van der Waals surface area (Å²) in [7, 11) is 1.73. The molecule has 0 saturated carbocycles. The van der Waals surface area contributed by atoms with Crippen molar-refractivity contribution in [3.63, 3.8) is 0 Å². The summed E-state index contributed by atoms with van der Waals surface area (Å²) < 4.78 is 14.1. The van der Waals surface area contributed by atoms with E-state index < -0.39 is 6.17 Å². The average Bonchev–Trinajstić information content (AvgIpc) is 3.13. The van der Waals surface area contributed by atoms with E-state index in [0.717, 1.165) is 26.5 Å². The number of likely N-dealkylation sites (tertiary alicyclic amines) is 1. The fraction of sp³-hybridized carbons (Fsp3) is 0.389. The molecule has 1 aliphatic rings. The van der Waals surface area contributed by atoms with Crippen LogP contribution in [0.2, 0.25) is 0 Å². The molecule has 8 nitrogen and oxygen atoms in total. The number of anilines is 1. The first kappa shape index (κ1) is 18.6. The largest absolute Gasteiger partial charge is 0.323 e. The van der Waals surface area contributed by atoms with E-state index >= 15 is 0 Å². The lowest BCUT2D eigenvalue weighted by atomic mass is 10.0. The molecule has 1 fully saturated rings. The van der Waals surface area contributed by atoms with Crippen LogP contribution >= 0.6 is 11.3 Å². The summed E-state index contributed by atoms with van der Waals surface area (Å²) in [5.41, 5.74) is 0.719. The lowest BCUT2D eigenvalue weighted by molar-refractivity contribution is 0.126. The van der Waals surface area contributed by atoms with Gasteiger partial charge < -0.3 is 10.2 Å². The highest BCUT2D eigenvalue weighted by molar-refractivity contribution is 7.14. The Bertz CT molecular complexity index is 1010. The minimum Gasteiger partial charge on any atom is -0.321 e. The maximum Gasteiger partial charge on any atom is 0.323 e. The van der Waals surface area contributed by atoms with Crippen molar-refractivity contribution in [3.8, 4) is 10.7 Å². The van der Waals surface area contributed by atoms with Gasteiger partial charge in [0.2, 0.25) is 0 Å². The van der Waals surface area contributed by atoms with Crippen LogP contribution in [-0.4, -0.2) is 63.4 Å². The number of halogens is 1. The molecule has 0 unspecified atom stereocenters. The van der Waals surface area contributed by atoms with Crippen LogP contribution in [-0.2, 0) is 0 Å². The van der Waals surface area contributed by atoms with E-state index in [1.807, 2.05) is 13.0 Å². The van der Waals surface area contributed by atoms with Crippen LogP contribution in [0.5, 0.6) is 0 Å². The predicted molar refractivity (Wildman–Crippen MR) is 106 cm³/mol. The number of carbonyl (C=O) groups is 1. The number of fused-ring (bicyclic) bond motifs is 1. The topological polar surface area (TPSA) is 95.9 Å². The van der Waals surface area contributed by atoms with Gasteiger partial charge >= 0.3 is 6.03 Å². The molecule has 0 radical (unpaired) electrons. The monoisotopic (exact) mass is 401 g/mol. The molecule has 0 aromatic carbocycles. The first-order valence-corrected chi connectivity index (χ1v) is 9.78. The number of alkyl halides is 1. The number of piperidine rings is 1. The Morgan fingerprint density at radius 3 is 2.79 bits per heavy atom. The smallest absolute Gasteiger partial charge is 0.321 e. The highest BCUT2D eigenvalue weighted by atomic mass is 32.1. The third-order valence-electron chi connectivity index (χ3n) is 4.78. The Hall–Kier alpha value is -2.72. The fourth-order valence-corrected chi connectivity index (χ4v) is 3.89. The molecule has 3 aromatic rings. The van der Waals surface area contributed by atoms with Gasteiger partial charge in [0.1, 0.15) is 22.7 Å². The standard InChI is InChI=1S/C18H20FN7OS/c1-10-24-25-17(28-10)15-5-11-6-16(22-8-12(11)7-21-15)23-18(27)26-4-3-14(20-2)13(19)9-26/h5-8,13-14,20H,3-4,9H2,1-2H3,(H,22,23,27)/t13-,14-/m1/s1. The molecular weight excluding hydrogens is 381 g/mol.